The number of hydrogen-bond acceptors (Lipinski definition) is 7. The summed E-state index contributed by atoms with van der Waals surface area (Å²) in [6.45, 7) is 30.9. The van der Waals surface area contributed by atoms with Crippen LogP contribution < -0.4 is 0 Å². The lowest BCUT2D eigenvalue weighted by atomic mass is 9.75. The molecule has 7 nitrogen and oxygen atoms in total. The van der Waals surface area contributed by atoms with Crippen LogP contribution in [0.4, 0.5) is 0 Å². The Hall–Kier alpha value is -1.62. The third-order valence-electron chi connectivity index (χ3n) is 11.5. The highest BCUT2D eigenvalue weighted by Crippen LogP contribution is 2.44. The molecule has 0 radical (unpaired) electrons. The predicted molar refractivity (Wildman–Crippen MR) is 205 cm³/mol. The summed E-state index contributed by atoms with van der Waals surface area (Å²) in [5.41, 5.74) is 4.30. The third kappa shape index (κ3) is 11.0. The molecule has 1 aliphatic heterocycles. The summed E-state index contributed by atoms with van der Waals surface area (Å²) >= 11 is 0. The van der Waals surface area contributed by atoms with Crippen LogP contribution in [0.25, 0.3) is 0 Å². The minimum atomic E-state index is -2.00. The van der Waals surface area contributed by atoms with Gasteiger partial charge in [0.15, 0.2) is 14.6 Å². The molecule has 1 saturated heterocycles. The van der Waals surface area contributed by atoms with Crippen molar-refractivity contribution in [1.82, 2.24) is 0 Å². The molecule has 2 aromatic carbocycles. The number of aliphatic hydroxyl groups excluding tert-OH is 1. The van der Waals surface area contributed by atoms with E-state index in [0.29, 0.717) is 19.6 Å². The molecule has 2 N–H and O–H groups in total. The number of hydrogen-bond donors (Lipinski definition) is 2. The van der Waals surface area contributed by atoms with E-state index in [-0.39, 0.29) is 53.8 Å². The first kappa shape index (κ1) is 42.8. The highest BCUT2D eigenvalue weighted by atomic mass is 28.4. The van der Waals surface area contributed by atoms with E-state index in [4.69, 9.17) is 23.4 Å². The molecule has 0 aliphatic carbocycles. The van der Waals surface area contributed by atoms with Crippen LogP contribution in [0, 0.1) is 44.4 Å². The van der Waals surface area contributed by atoms with Crippen molar-refractivity contribution in [1.29, 1.82) is 0 Å². The number of aliphatic hydroxyl groups is 2. The molecule has 10 atom stereocenters. The Balaban J connectivity index is 1.81. The van der Waals surface area contributed by atoms with Crippen LogP contribution in [0.2, 0.25) is 18.1 Å². The Morgan fingerprint density at radius 3 is 2.06 bits per heavy atom. The van der Waals surface area contributed by atoms with Crippen molar-refractivity contribution in [2.75, 3.05) is 13.4 Å². The largest absolute Gasteiger partial charge is 0.416 e. The maximum absolute atomic E-state index is 11.8. The molecule has 0 unspecified atom stereocenters. The van der Waals surface area contributed by atoms with Crippen molar-refractivity contribution < 1.29 is 33.6 Å². The Morgan fingerprint density at radius 1 is 0.920 bits per heavy atom. The van der Waals surface area contributed by atoms with E-state index in [9.17, 15) is 10.2 Å². The second-order valence-corrected chi connectivity index (χ2v) is 22.0. The van der Waals surface area contributed by atoms with Gasteiger partial charge >= 0.3 is 0 Å². The van der Waals surface area contributed by atoms with Crippen molar-refractivity contribution >= 4 is 8.32 Å². The zero-order valence-corrected chi connectivity index (χ0v) is 34.7. The van der Waals surface area contributed by atoms with Gasteiger partial charge in [0.1, 0.15) is 6.79 Å². The normalized spacial score (nSPS) is 24.6. The summed E-state index contributed by atoms with van der Waals surface area (Å²) in [7, 11) is -2.00. The lowest BCUT2D eigenvalue weighted by molar-refractivity contribution is -0.300. The van der Waals surface area contributed by atoms with Gasteiger partial charge in [-0.2, -0.15) is 0 Å². The fourth-order valence-corrected chi connectivity index (χ4v) is 8.69. The zero-order valence-electron chi connectivity index (χ0n) is 33.7. The van der Waals surface area contributed by atoms with Crippen molar-refractivity contribution in [3.63, 3.8) is 0 Å². The number of aryl methyl sites for hydroxylation is 3. The van der Waals surface area contributed by atoms with Crippen LogP contribution in [-0.4, -0.2) is 61.9 Å². The molecule has 0 amide bonds. The van der Waals surface area contributed by atoms with Gasteiger partial charge in [0, 0.05) is 29.9 Å². The van der Waals surface area contributed by atoms with Gasteiger partial charge in [-0.25, -0.2) is 0 Å². The third-order valence-corrected chi connectivity index (χ3v) is 16.0. The van der Waals surface area contributed by atoms with Gasteiger partial charge in [-0.15, -0.1) is 0 Å². The van der Waals surface area contributed by atoms with Crippen molar-refractivity contribution in [2.24, 2.45) is 23.7 Å². The lowest BCUT2D eigenvalue weighted by Crippen LogP contribution is -2.53. The van der Waals surface area contributed by atoms with Gasteiger partial charge in [0.2, 0.25) is 0 Å². The lowest BCUT2D eigenvalue weighted by Gasteiger charge is -2.48. The minimum Gasteiger partial charge on any atom is -0.416 e. The molecule has 1 heterocycles. The fraction of sp³-hybridized carbons (Fsp3) is 0.714. The zero-order chi connectivity index (χ0) is 37.6. The Morgan fingerprint density at radius 2 is 1.50 bits per heavy atom. The van der Waals surface area contributed by atoms with E-state index in [1.54, 1.807) is 6.92 Å². The highest BCUT2D eigenvalue weighted by molar-refractivity contribution is 6.74. The maximum atomic E-state index is 11.8. The molecule has 50 heavy (non-hydrogen) atoms. The van der Waals surface area contributed by atoms with E-state index < -0.39 is 26.3 Å². The van der Waals surface area contributed by atoms with Crippen LogP contribution >= 0.6 is 0 Å². The minimum absolute atomic E-state index is 0.00233. The SMILES string of the molecule is CC[C@@H](OCOCc1ccccc1)[C@H](C)[C@@H]1O[C@H](c2c(C)cc(C)cc2C)O[C@@H]([C@H](C)C[C@@](C)(O)[C@H](O)[C@@H](C)CO[Si](C)(C)C(C)(C)C)[C@@H]1C. The second kappa shape index (κ2) is 17.9. The first-order valence-corrected chi connectivity index (χ1v) is 21.8. The molecule has 0 spiro atoms. The van der Waals surface area contributed by atoms with Crippen LogP contribution in [0.15, 0.2) is 42.5 Å². The van der Waals surface area contributed by atoms with E-state index in [1.807, 2.05) is 37.3 Å². The summed E-state index contributed by atoms with van der Waals surface area (Å²) in [6.07, 6.45) is -0.825. The van der Waals surface area contributed by atoms with E-state index >= 15 is 0 Å². The topological polar surface area (TPSA) is 86.6 Å². The molecule has 284 valence electrons. The quantitative estimate of drug-likeness (QED) is 0.0959. The molecular weight excluding hydrogens is 645 g/mol. The van der Waals surface area contributed by atoms with Crippen molar-refractivity contribution in [3.05, 3.63) is 70.3 Å². The summed E-state index contributed by atoms with van der Waals surface area (Å²) in [5.74, 6) is -0.270. The van der Waals surface area contributed by atoms with E-state index in [0.717, 1.165) is 28.7 Å². The summed E-state index contributed by atoms with van der Waals surface area (Å²) in [6, 6.07) is 14.5. The Kier molecular flexibility index (Phi) is 15.3. The maximum Gasteiger partial charge on any atom is 0.191 e. The average Bonchev–Trinajstić information content (AvgIpc) is 3.02. The predicted octanol–water partition coefficient (Wildman–Crippen LogP) is 9.43. The van der Waals surface area contributed by atoms with E-state index in [2.05, 4.69) is 94.5 Å². The number of rotatable bonds is 17. The van der Waals surface area contributed by atoms with Crippen LogP contribution in [0.1, 0.15) is 109 Å². The Bertz CT molecular complexity index is 1300. The number of benzene rings is 2. The second-order valence-electron chi connectivity index (χ2n) is 17.2. The van der Waals surface area contributed by atoms with Gasteiger partial charge in [0.05, 0.1) is 36.6 Å². The van der Waals surface area contributed by atoms with Crippen LogP contribution in [0.5, 0.6) is 0 Å². The molecule has 3 rings (SSSR count). The molecule has 2 aromatic rings. The van der Waals surface area contributed by atoms with Gasteiger partial charge in [-0.1, -0.05) is 103 Å². The molecule has 1 fully saturated rings. The van der Waals surface area contributed by atoms with Crippen LogP contribution in [0.3, 0.4) is 0 Å². The van der Waals surface area contributed by atoms with Gasteiger partial charge in [-0.05, 0) is 81.3 Å². The molecule has 0 saturated carbocycles. The van der Waals surface area contributed by atoms with Gasteiger partial charge in [-0.3, -0.25) is 0 Å². The summed E-state index contributed by atoms with van der Waals surface area (Å²) in [4.78, 5) is 0. The van der Waals surface area contributed by atoms with Crippen molar-refractivity contribution in [2.45, 2.75) is 157 Å². The first-order chi connectivity index (χ1) is 23.2. The highest BCUT2D eigenvalue weighted by Gasteiger charge is 2.47. The van der Waals surface area contributed by atoms with E-state index in [1.165, 1.54) is 5.56 Å². The smallest absolute Gasteiger partial charge is 0.191 e. The van der Waals surface area contributed by atoms with Gasteiger partial charge < -0.3 is 33.6 Å². The fourth-order valence-electron chi connectivity index (χ4n) is 7.58. The average molecular weight is 715 g/mol. The van der Waals surface area contributed by atoms with Crippen molar-refractivity contribution in [3.8, 4) is 0 Å². The monoisotopic (exact) mass is 714 g/mol. The molecular formula is C42H70O7Si. The first-order valence-electron chi connectivity index (χ1n) is 18.9. The standard InChI is InChI=1S/C42H70O7Si/c1-15-35(46-26-45-25-34-19-17-16-18-20-34)32(7)38-33(8)37(48-40(49-38)36-28(3)21-27(2)22-29(36)4)30(5)23-42(12,44)39(43)31(6)24-47-50(13,14)41(9,10)11/h16-22,30-33,35,37-40,43-44H,15,23-26H2,1-14H3/t30-,31+,32+,33+,35-,37+,38+,39-,40-,42-/m1/s1. The molecule has 0 aromatic heterocycles. The van der Waals surface area contributed by atoms with Crippen LogP contribution in [-0.2, 0) is 30.0 Å². The summed E-state index contributed by atoms with van der Waals surface area (Å²) in [5, 5.41) is 23.4. The molecule has 8 heteroatoms. The molecule has 1 aliphatic rings. The number of ether oxygens (including phenoxy) is 4. The van der Waals surface area contributed by atoms with Gasteiger partial charge in [0.25, 0.3) is 0 Å². The Labute approximate surface area is 305 Å². The summed E-state index contributed by atoms with van der Waals surface area (Å²) < 4.78 is 32.5. The molecule has 0 bridgehead atoms.